The Morgan fingerprint density at radius 3 is 2.37 bits per heavy atom. The minimum absolute atomic E-state index is 0.104. The molecule has 0 amide bonds. The number of para-hydroxylation sites is 1. The Balaban J connectivity index is 2.24. The SMILES string of the molecule is COc1ccc(C=Cc2ccccc2[N+](=O)[O-])cc1. The Bertz CT molecular complexity index is 603. The second-order valence-electron chi connectivity index (χ2n) is 3.92. The van der Waals surface area contributed by atoms with E-state index < -0.39 is 0 Å². The summed E-state index contributed by atoms with van der Waals surface area (Å²) in [7, 11) is 1.61. The van der Waals surface area contributed by atoms with Gasteiger partial charge >= 0.3 is 0 Å². The van der Waals surface area contributed by atoms with Gasteiger partial charge in [-0.25, -0.2) is 0 Å². The van der Waals surface area contributed by atoms with E-state index in [4.69, 9.17) is 4.74 Å². The first kappa shape index (κ1) is 12.8. The van der Waals surface area contributed by atoms with Crippen LogP contribution >= 0.6 is 0 Å². The molecule has 0 unspecified atom stereocenters. The van der Waals surface area contributed by atoms with Gasteiger partial charge in [0.25, 0.3) is 5.69 Å². The Morgan fingerprint density at radius 2 is 1.74 bits per heavy atom. The van der Waals surface area contributed by atoms with Crippen molar-refractivity contribution in [2.24, 2.45) is 0 Å². The van der Waals surface area contributed by atoms with Crippen LogP contribution < -0.4 is 4.74 Å². The monoisotopic (exact) mass is 255 g/mol. The zero-order chi connectivity index (χ0) is 13.7. The molecular weight excluding hydrogens is 242 g/mol. The van der Waals surface area contributed by atoms with Crippen LogP contribution in [0.2, 0.25) is 0 Å². The zero-order valence-electron chi connectivity index (χ0n) is 10.4. The second-order valence-corrected chi connectivity index (χ2v) is 3.92. The molecule has 19 heavy (non-hydrogen) atoms. The minimum atomic E-state index is -0.381. The van der Waals surface area contributed by atoms with Gasteiger partial charge in [-0.1, -0.05) is 30.3 Å². The van der Waals surface area contributed by atoms with Gasteiger partial charge in [-0.2, -0.15) is 0 Å². The molecule has 0 fully saturated rings. The van der Waals surface area contributed by atoms with Crippen LogP contribution in [0, 0.1) is 10.1 Å². The Kier molecular flexibility index (Phi) is 3.93. The maximum atomic E-state index is 10.9. The molecule has 0 aromatic heterocycles. The number of methoxy groups -OCH3 is 1. The summed E-state index contributed by atoms with van der Waals surface area (Å²) < 4.78 is 5.07. The molecule has 0 aliphatic rings. The lowest BCUT2D eigenvalue weighted by atomic mass is 10.1. The van der Waals surface area contributed by atoms with Gasteiger partial charge in [-0.3, -0.25) is 10.1 Å². The third-order valence-electron chi connectivity index (χ3n) is 2.70. The predicted octanol–water partition coefficient (Wildman–Crippen LogP) is 3.77. The van der Waals surface area contributed by atoms with E-state index in [0.717, 1.165) is 11.3 Å². The molecule has 2 rings (SSSR count). The average Bonchev–Trinajstić information content (AvgIpc) is 2.46. The quantitative estimate of drug-likeness (QED) is 0.474. The third-order valence-corrected chi connectivity index (χ3v) is 2.70. The van der Waals surface area contributed by atoms with Crippen molar-refractivity contribution in [2.75, 3.05) is 7.11 Å². The molecule has 4 nitrogen and oxygen atoms in total. The van der Waals surface area contributed by atoms with E-state index in [1.54, 1.807) is 31.4 Å². The van der Waals surface area contributed by atoms with E-state index in [-0.39, 0.29) is 10.6 Å². The normalized spacial score (nSPS) is 10.6. The van der Waals surface area contributed by atoms with E-state index in [2.05, 4.69) is 0 Å². The lowest BCUT2D eigenvalue weighted by molar-refractivity contribution is -0.385. The highest BCUT2D eigenvalue weighted by atomic mass is 16.6. The smallest absolute Gasteiger partial charge is 0.276 e. The van der Waals surface area contributed by atoms with Crippen molar-refractivity contribution in [3.63, 3.8) is 0 Å². The van der Waals surface area contributed by atoms with Crippen molar-refractivity contribution < 1.29 is 9.66 Å². The third kappa shape index (κ3) is 3.19. The Hall–Kier alpha value is -2.62. The Morgan fingerprint density at radius 1 is 1.05 bits per heavy atom. The number of nitrogens with zero attached hydrogens (tertiary/aromatic N) is 1. The van der Waals surface area contributed by atoms with Crippen LogP contribution in [0.5, 0.6) is 5.75 Å². The van der Waals surface area contributed by atoms with Gasteiger partial charge in [-0.15, -0.1) is 0 Å². The maximum absolute atomic E-state index is 10.9. The van der Waals surface area contributed by atoms with Crippen LogP contribution in [-0.4, -0.2) is 12.0 Å². The summed E-state index contributed by atoms with van der Waals surface area (Å²) in [5.41, 5.74) is 1.65. The van der Waals surface area contributed by atoms with Crippen LogP contribution in [-0.2, 0) is 0 Å². The number of hydrogen-bond acceptors (Lipinski definition) is 3. The van der Waals surface area contributed by atoms with Crippen molar-refractivity contribution >= 4 is 17.8 Å². The number of ether oxygens (including phenoxy) is 1. The Labute approximate surface area is 111 Å². The fourth-order valence-corrected chi connectivity index (χ4v) is 1.70. The van der Waals surface area contributed by atoms with E-state index in [1.807, 2.05) is 30.3 Å². The molecule has 2 aromatic rings. The highest BCUT2D eigenvalue weighted by Gasteiger charge is 2.08. The van der Waals surface area contributed by atoms with Gasteiger partial charge in [0, 0.05) is 6.07 Å². The minimum Gasteiger partial charge on any atom is -0.497 e. The van der Waals surface area contributed by atoms with Crippen molar-refractivity contribution in [1.82, 2.24) is 0 Å². The van der Waals surface area contributed by atoms with Crippen LogP contribution in [0.1, 0.15) is 11.1 Å². The summed E-state index contributed by atoms with van der Waals surface area (Å²) in [5.74, 6) is 0.780. The second kappa shape index (κ2) is 5.82. The fourth-order valence-electron chi connectivity index (χ4n) is 1.70. The van der Waals surface area contributed by atoms with Crippen LogP contribution in [0.15, 0.2) is 48.5 Å². The van der Waals surface area contributed by atoms with Crippen LogP contribution in [0.4, 0.5) is 5.69 Å². The van der Waals surface area contributed by atoms with Crippen molar-refractivity contribution in [3.05, 3.63) is 69.8 Å². The van der Waals surface area contributed by atoms with E-state index in [9.17, 15) is 10.1 Å². The first-order chi connectivity index (χ1) is 9.20. The van der Waals surface area contributed by atoms with Gasteiger partial charge in [0.15, 0.2) is 0 Å². The number of hydrogen-bond donors (Lipinski definition) is 0. The highest BCUT2D eigenvalue weighted by Crippen LogP contribution is 2.20. The molecule has 4 heteroatoms. The summed E-state index contributed by atoms with van der Waals surface area (Å²) in [6.45, 7) is 0. The summed E-state index contributed by atoms with van der Waals surface area (Å²) in [4.78, 5) is 10.5. The highest BCUT2D eigenvalue weighted by molar-refractivity contribution is 5.74. The van der Waals surface area contributed by atoms with E-state index >= 15 is 0 Å². The van der Waals surface area contributed by atoms with Crippen LogP contribution in [0.25, 0.3) is 12.2 Å². The first-order valence-corrected chi connectivity index (χ1v) is 5.76. The fraction of sp³-hybridized carbons (Fsp3) is 0.0667. The number of nitro benzene ring substituents is 1. The molecule has 0 bridgehead atoms. The number of nitro groups is 1. The largest absolute Gasteiger partial charge is 0.497 e. The molecule has 0 atom stereocenters. The molecule has 0 aliphatic carbocycles. The lowest BCUT2D eigenvalue weighted by Gasteiger charge is -1.99. The zero-order valence-corrected chi connectivity index (χ0v) is 10.4. The molecule has 0 aliphatic heterocycles. The molecule has 0 heterocycles. The number of rotatable bonds is 4. The van der Waals surface area contributed by atoms with Crippen molar-refractivity contribution in [3.8, 4) is 5.75 Å². The van der Waals surface area contributed by atoms with Gasteiger partial charge in [-0.05, 0) is 29.8 Å². The van der Waals surface area contributed by atoms with E-state index in [0.29, 0.717) is 5.56 Å². The predicted molar refractivity (Wildman–Crippen MR) is 75.0 cm³/mol. The molecular formula is C15H13NO3. The van der Waals surface area contributed by atoms with Crippen molar-refractivity contribution in [2.45, 2.75) is 0 Å². The molecule has 96 valence electrons. The lowest BCUT2D eigenvalue weighted by Crippen LogP contribution is -1.90. The number of benzene rings is 2. The molecule has 0 radical (unpaired) electrons. The average molecular weight is 255 g/mol. The summed E-state index contributed by atoms with van der Waals surface area (Å²) in [6, 6.07) is 14.1. The van der Waals surface area contributed by atoms with Gasteiger partial charge < -0.3 is 4.74 Å². The van der Waals surface area contributed by atoms with Crippen LogP contribution in [0.3, 0.4) is 0 Å². The molecule has 0 saturated heterocycles. The van der Waals surface area contributed by atoms with Gasteiger partial charge in [0.2, 0.25) is 0 Å². The van der Waals surface area contributed by atoms with E-state index in [1.165, 1.54) is 6.07 Å². The van der Waals surface area contributed by atoms with Crippen molar-refractivity contribution in [1.29, 1.82) is 0 Å². The van der Waals surface area contributed by atoms with Gasteiger partial charge in [0.05, 0.1) is 17.6 Å². The maximum Gasteiger partial charge on any atom is 0.276 e. The molecule has 0 saturated carbocycles. The summed E-state index contributed by atoms with van der Waals surface area (Å²) in [5, 5.41) is 10.9. The van der Waals surface area contributed by atoms with Gasteiger partial charge in [0.1, 0.15) is 5.75 Å². The first-order valence-electron chi connectivity index (χ1n) is 5.76. The molecule has 0 N–H and O–H groups in total. The molecule has 0 spiro atoms. The topological polar surface area (TPSA) is 52.4 Å². The summed E-state index contributed by atoms with van der Waals surface area (Å²) >= 11 is 0. The molecule has 2 aromatic carbocycles. The standard InChI is InChI=1S/C15H13NO3/c1-19-14-10-7-12(8-11-14)6-9-13-4-2-3-5-15(13)16(17)18/h2-11H,1H3. The summed E-state index contributed by atoms with van der Waals surface area (Å²) in [6.07, 6.45) is 3.57.